The van der Waals surface area contributed by atoms with Gasteiger partial charge >= 0.3 is 0 Å². The Morgan fingerprint density at radius 3 is 3.06 bits per heavy atom. The molecule has 0 bridgehead atoms. The summed E-state index contributed by atoms with van der Waals surface area (Å²) in [5, 5.41) is 2.86. The van der Waals surface area contributed by atoms with Crippen molar-refractivity contribution in [3.8, 4) is 0 Å². The van der Waals surface area contributed by atoms with Crippen LogP contribution in [0.15, 0.2) is 41.7 Å². The van der Waals surface area contributed by atoms with Gasteiger partial charge in [-0.05, 0) is 34.5 Å². The fraction of sp³-hybridized carbons (Fsp3) is 0.250. The zero-order chi connectivity index (χ0) is 12.8. The van der Waals surface area contributed by atoms with Crippen molar-refractivity contribution in [1.29, 1.82) is 0 Å². The topological polar surface area (TPSA) is 59.8 Å². The number of hydrogen-bond acceptors (Lipinski definition) is 3. The van der Waals surface area contributed by atoms with Gasteiger partial charge in [-0.25, -0.2) is 9.97 Å². The number of aromatic nitrogens is 3. The summed E-state index contributed by atoms with van der Waals surface area (Å²) >= 11 is 3.25. The molecule has 0 atom stereocenters. The largest absolute Gasteiger partial charge is 0.352 e. The Balaban J connectivity index is 1.77. The standard InChI is InChI=1S/C12H13BrN4O/c13-11-10(3-1-4-15-11)12(18)16-5-2-7-17-8-6-14-9-17/h1,3-4,6,8-9H,2,5,7H2,(H,16,18). The lowest BCUT2D eigenvalue weighted by Gasteiger charge is -2.06. The van der Waals surface area contributed by atoms with Crippen molar-refractivity contribution in [3.63, 3.8) is 0 Å². The van der Waals surface area contributed by atoms with E-state index in [1.54, 1.807) is 30.9 Å². The lowest BCUT2D eigenvalue weighted by Crippen LogP contribution is -2.25. The van der Waals surface area contributed by atoms with Crippen molar-refractivity contribution in [3.05, 3.63) is 47.2 Å². The number of carbonyl (C=O) groups excluding carboxylic acids is 1. The van der Waals surface area contributed by atoms with Gasteiger partial charge in [0.1, 0.15) is 4.60 Å². The molecule has 0 saturated carbocycles. The first-order valence-corrected chi connectivity index (χ1v) is 6.41. The van der Waals surface area contributed by atoms with E-state index in [0.717, 1.165) is 13.0 Å². The predicted molar refractivity (Wildman–Crippen MR) is 71.1 cm³/mol. The van der Waals surface area contributed by atoms with Crippen LogP contribution >= 0.6 is 15.9 Å². The summed E-state index contributed by atoms with van der Waals surface area (Å²) in [5.74, 6) is -0.111. The van der Waals surface area contributed by atoms with E-state index < -0.39 is 0 Å². The van der Waals surface area contributed by atoms with Gasteiger partial charge in [0.25, 0.3) is 5.91 Å². The maximum Gasteiger partial charge on any atom is 0.254 e. The number of hydrogen-bond donors (Lipinski definition) is 1. The van der Waals surface area contributed by atoms with Crippen molar-refractivity contribution in [2.45, 2.75) is 13.0 Å². The van der Waals surface area contributed by atoms with Gasteiger partial charge in [-0.3, -0.25) is 4.79 Å². The summed E-state index contributed by atoms with van der Waals surface area (Å²) in [5.41, 5.74) is 0.556. The molecule has 2 heterocycles. The van der Waals surface area contributed by atoms with E-state index in [1.165, 1.54) is 0 Å². The second kappa shape index (κ2) is 6.30. The second-order valence-electron chi connectivity index (χ2n) is 3.75. The molecular weight excluding hydrogens is 296 g/mol. The summed E-state index contributed by atoms with van der Waals surface area (Å²) in [6.45, 7) is 1.47. The van der Waals surface area contributed by atoms with Gasteiger partial charge in [0.15, 0.2) is 0 Å². The number of halogens is 1. The van der Waals surface area contributed by atoms with Crippen LogP contribution in [0.1, 0.15) is 16.8 Å². The lowest BCUT2D eigenvalue weighted by molar-refractivity contribution is 0.0951. The third-order valence-electron chi connectivity index (χ3n) is 2.44. The molecule has 0 radical (unpaired) electrons. The van der Waals surface area contributed by atoms with Crippen LogP contribution in [0.5, 0.6) is 0 Å². The highest BCUT2D eigenvalue weighted by atomic mass is 79.9. The summed E-state index contributed by atoms with van der Waals surface area (Å²) in [6.07, 6.45) is 7.91. The Morgan fingerprint density at radius 2 is 2.33 bits per heavy atom. The van der Waals surface area contributed by atoms with Crippen LogP contribution in [0.3, 0.4) is 0 Å². The molecule has 2 aromatic heterocycles. The van der Waals surface area contributed by atoms with Crippen LogP contribution in [0.4, 0.5) is 0 Å². The second-order valence-corrected chi connectivity index (χ2v) is 4.50. The maximum absolute atomic E-state index is 11.8. The Bertz CT molecular complexity index is 513. The molecule has 2 aromatic rings. The first-order chi connectivity index (χ1) is 8.77. The Kier molecular flexibility index (Phi) is 4.46. The molecule has 18 heavy (non-hydrogen) atoms. The summed E-state index contributed by atoms with van der Waals surface area (Å²) in [6, 6.07) is 3.48. The summed E-state index contributed by atoms with van der Waals surface area (Å²) < 4.78 is 2.55. The molecule has 94 valence electrons. The van der Waals surface area contributed by atoms with E-state index in [1.807, 2.05) is 10.8 Å². The molecule has 0 spiro atoms. The van der Waals surface area contributed by atoms with Gasteiger partial charge in [0.2, 0.25) is 0 Å². The molecule has 0 aliphatic heterocycles. The predicted octanol–water partition coefficient (Wildman–Crippen LogP) is 1.86. The Hall–Kier alpha value is -1.69. The number of nitrogens with one attached hydrogen (secondary N) is 1. The molecule has 5 nitrogen and oxygen atoms in total. The van der Waals surface area contributed by atoms with Crippen molar-refractivity contribution in [2.24, 2.45) is 0 Å². The van der Waals surface area contributed by atoms with Crippen LogP contribution in [-0.2, 0) is 6.54 Å². The molecule has 1 amide bonds. The Labute approximate surface area is 113 Å². The lowest BCUT2D eigenvalue weighted by atomic mass is 10.2. The molecule has 0 aliphatic rings. The van der Waals surface area contributed by atoms with Gasteiger partial charge in [-0.1, -0.05) is 0 Å². The average Bonchev–Trinajstić information content (AvgIpc) is 2.88. The number of imidazole rings is 1. The number of amides is 1. The average molecular weight is 309 g/mol. The van der Waals surface area contributed by atoms with Gasteiger partial charge in [0.05, 0.1) is 11.9 Å². The number of aryl methyl sites for hydroxylation is 1. The number of carbonyl (C=O) groups is 1. The minimum atomic E-state index is -0.111. The smallest absolute Gasteiger partial charge is 0.254 e. The van der Waals surface area contributed by atoms with Crippen LogP contribution in [-0.4, -0.2) is 27.0 Å². The molecule has 0 unspecified atom stereocenters. The van der Waals surface area contributed by atoms with Crippen molar-refractivity contribution in [2.75, 3.05) is 6.54 Å². The first-order valence-electron chi connectivity index (χ1n) is 5.62. The summed E-state index contributed by atoms with van der Waals surface area (Å²) in [7, 11) is 0. The normalized spacial score (nSPS) is 10.3. The molecule has 2 rings (SSSR count). The first kappa shape index (κ1) is 12.8. The number of nitrogens with zero attached hydrogens (tertiary/aromatic N) is 3. The SMILES string of the molecule is O=C(NCCCn1ccnc1)c1cccnc1Br. The fourth-order valence-electron chi connectivity index (χ4n) is 1.53. The highest BCUT2D eigenvalue weighted by Gasteiger charge is 2.08. The van der Waals surface area contributed by atoms with Gasteiger partial charge in [-0.2, -0.15) is 0 Å². The van der Waals surface area contributed by atoms with Crippen LogP contribution in [0.2, 0.25) is 0 Å². The van der Waals surface area contributed by atoms with E-state index in [9.17, 15) is 4.79 Å². The molecule has 0 fully saturated rings. The molecular formula is C12H13BrN4O. The van der Waals surface area contributed by atoms with Gasteiger partial charge < -0.3 is 9.88 Å². The minimum Gasteiger partial charge on any atom is -0.352 e. The van der Waals surface area contributed by atoms with E-state index in [4.69, 9.17) is 0 Å². The zero-order valence-corrected chi connectivity index (χ0v) is 11.3. The molecule has 0 aromatic carbocycles. The van der Waals surface area contributed by atoms with Crippen LogP contribution in [0, 0.1) is 0 Å². The van der Waals surface area contributed by atoms with E-state index >= 15 is 0 Å². The van der Waals surface area contributed by atoms with E-state index in [0.29, 0.717) is 16.7 Å². The van der Waals surface area contributed by atoms with E-state index in [2.05, 4.69) is 31.2 Å². The van der Waals surface area contributed by atoms with Crippen LogP contribution in [0.25, 0.3) is 0 Å². The minimum absolute atomic E-state index is 0.111. The van der Waals surface area contributed by atoms with Crippen LogP contribution < -0.4 is 5.32 Å². The van der Waals surface area contributed by atoms with Gasteiger partial charge in [0, 0.05) is 31.7 Å². The molecule has 0 aliphatic carbocycles. The Morgan fingerprint density at radius 1 is 1.44 bits per heavy atom. The monoisotopic (exact) mass is 308 g/mol. The molecule has 0 saturated heterocycles. The third kappa shape index (κ3) is 3.40. The third-order valence-corrected chi connectivity index (χ3v) is 3.07. The number of pyridine rings is 1. The quantitative estimate of drug-likeness (QED) is 0.677. The van der Waals surface area contributed by atoms with Gasteiger partial charge in [-0.15, -0.1) is 0 Å². The summed E-state index contributed by atoms with van der Waals surface area (Å²) in [4.78, 5) is 19.8. The van der Waals surface area contributed by atoms with E-state index in [-0.39, 0.29) is 5.91 Å². The highest BCUT2D eigenvalue weighted by molar-refractivity contribution is 9.10. The zero-order valence-electron chi connectivity index (χ0n) is 9.71. The molecule has 1 N–H and O–H groups in total. The van der Waals surface area contributed by atoms with Crippen molar-refractivity contribution >= 4 is 21.8 Å². The fourth-order valence-corrected chi connectivity index (χ4v) is 1.96. The number of rotatable bonds is 5. The maximum atomic E-state index is 11.8. The molecule has 6 heteroatoms. The highest BCUT2D eigenvalue weighted by Crippen LogP contribution is 2.11. The van der Waals surface area contributed by atoms with Crippen molar-refractivity contribution < 1.29 is 4.79 Å². The van der Waals surface area contributed by atoms with Crippen molar-refractivity contribution in [1.82, 2.24) is 19.9 Å².